The maximum Gasteiger partial charge on any atom is 0.165 e. The van der Waals surface area contributed by atoms with Crippen molar-refractivity contribution in [2.45, 2.75) is 18.8 Å². The maximum atomic E-state index is 6.39. The highest BCUT2D eigenvalue weighted by Crippen LogP contribution is 2.30. The van der Waals surface area contributed by atoms with Gasteiger partial charge in [-0.3, -0.25) is 15.7 Å². The molecule has 1 atom stereocenters. The van der Waals surface area contributed by atoms with Crippen molar-refractivity contribution < 1.29 is 4.74 Å². The quantitative estimate of drug-likeness (QED) is 0.782. The summed E-state index contributed by atoms with van der Waals surface area (Å²) in [5, 5.41) is 9.67. The Morgan fingerprint density at radius 3 is 3.05 bits per heavy atom. The summed E-state index contributed by atoms with van der Waals surface area (Å²) in [5.74, 6) is 0.0378. The Balaban J connectivity index is 1.83. The Bertz CT molecular complexity index is 657. The van der Waals surface area contributed by atoms with Gasteiger partial charge >= 0.3 is 0 Å². The minimum Gasteiger partial charge on any atom is -0.384 e. The van der Waals surface area contributed by atoms with E-state index < -0.39 is 5.79 Å². The second kappa shape index (κ2) is 6.43. The Morgan fingerprint density at radius 2 is 2.27 bits per heavy atom. The van der Waals surface area contributed by atoms with Gasteiger partial charge in [0.05, 0.1) is 24.4 Å². The number of methoxy groups -OCH3 is 1. The van der Waals surface area contributed by atoms with Crippen molar-refractivity contribution >= 4 is 22.2 Å². The van der Waals surface area contributed by atoms with Gasteiger partial charge in [-0.2, -0.15) is 0 Å². The molecule has 3 heterocycles. The molecule has 4 N–H and O–H groups in total. The van der Waals surface area contributed by atoms with Crippen molar-refractivity contribution in [2.75, 3.05) is 19.0 Å². The Hall–Kier alpha value is -1.96. The summed E-state index contributed by atoms with van der Waals surface area (Å²) in [5.41, 5.74) is 8.35. The van der Waals surface area contributed by atoms with Gasteiger partial charge in [0.25, 0.3) is 0 Å². The van der Waals surface area contributed by atoms with Crippen LogP contribution in [0.2, 0.25) is 0 Å². The van der Waals surface area contributed by atoms with Gasteiger partial charge < -0.3 is 15.4 Å². The number of nitrogens with zero attached hydrogens (tertiary/aromatic N) is 2. The Labute approximate surface area is 133 Å². The number of anilines is 1. The van der Waals surface area contributed by atoms with Crippen LogP contribution in [0.25, 0.3) is 0 Å². The minimum atomic E-state index is -0.753. The zero-order valence-electron chi connectivity index (χ0n) is 12.4. The largest absolute Gasteiger partial charge is 0.384 e. The molecule has 0 aliphatic carbocycles. The average molecular weight is 317 g/mol. The number of rotatable bonds is 5. The van der Waals surface area contributed by atoms with E-state index in [2.05, 4.69) is 20.6 Å². The highest BCUT2D eigenvalue weighted by molar-refractivity contribution is 7.14. The van der Waals surface area contributed by atoms with Crippen molar-refractivity contribution in [3.05, 3.63) is 47.1 Å². The number of pyridine rings is 1. The van der Waals surface area contributed by atoms with E-state index in [1.54, 1.807) is 24.6 Å². The number of nitrogens with one attached hydrogen (secondary N) is 2. The van der Waals surface area contributed by atoms with Crippen molar-refractivity contribution in [3.8, 4) is 0 Å². The van der Waals surface area contributed by atoms with E-state index in [-0.39, 0.29) is 0 Å². The molecule has 0 saturated carbocycles. The van der Waals surface area contributed by atoms with Gasteiger partial charge in [0.1, 0.15) is 10.8 Å². The molecule has 22 heavy (non-hydrogen) atoms. The zero-order chi connectivity index (χ0) is 15.4. The zero-order valence-corrected chi connectivity index (χ0v) is 13.2. The van der Waals surface area contributed by atoms with E-state index in [4.69, 9.17) is 10.5 Å². The van der Waals surface area contributed by atoms with Crippen molar-refractivity contribution in [3.63, 3.8) is 0 Å². The van der Waals surface area contributed by atoms with E-state index in [0.717, 1.165) is 22.1 Å². The normalized spacial score (nSPS) is 22.0. The van der Waals surface area contributed by atoms with Crippen LogP contribution in [0.4, 0.5) is 5.00 Å². The summed E-state index contributed by atoms with van der Waals surface area (Å²) in [6, 6.07) is 7.85. The fourth-order valence-electron chi connectivity index (χ4n) is 2.27. The van der Waals surface area contributed by atoms with Gasteiger partial charge in [0, 0.05) is 19.7 Å². The van der Waals surface area contributed by atoms with Crippen LogP contribution in [-0.4, -0.2) is 30.3 Å². The molecule has 7 heteroatoms. The first-order chi connectivity index (χ1) is 10.7. The molecule has 1 aliphatic heterocycles. The van der Waals surface area contributed by atoms with Crippen molar-refractivity contribution in [1.29, 1.82) is 0 Å². The van der Waals surface area contributed by atoms with Gasteiger partial charge in [0.2, 0.25) is 0 Å². The lowest BCUT2D eigenvalue weighted by atomic mass is 10.1. The number of hydrogen-bond acceptors (Lipinski definition) is 6. The molecular weight excluding hydrogens is 298 g/mol. The van der Waals surface area contributed by atoms with Gasteiger partial charge in [0.15, 0.2) is 5.79 Å². The van der Waals surface area contributed by atoms with E-state index in [1.807, 2.05) is 29.6 Å². The van der Waals surface area contributed by atoms with Gasteiger partial charge in [-0.25, -0.2) is 0 Å². The smallest absolute Gasteiger partial charge is 0.165 e. The number of amidine groups is 1. The molecule has 0 spiro atoms. The summed E-state index contributed by atoms with van der Waals surface area (Å²) >= 11 is 1.62. The monoisotopic (exact) mass is 317 g/mol. The SMILES string of the molecule is COCCC1(N)NC(=NCc2ccccn2)c2ccsc2N1. The summed E-state index contributed by atoms with van der Waals surface area (Å²) in [7, 11) is 1.67. The standard InChI is InChI=1S/C15H19N5OS/c1-21-8-6-15(16)19-13(12-5-9-22-14(12)20-15)18-10-11-4-2-3-7-17-11/h2-5,7,9,20H,6,8,10,16H2,1H3,(H,18,19). The fraction of sp³-hybridized carbons (Fsp3) is 0.333. The lowest BCUT2D eigenvalue weighted by Gasteiger charge is -2.37. The number of fused-ring (bicyclic) bond motifs is 1. The molecule has 0 amide bonds. The lowest BCUT2D eigenvalue weighted by molar-refractivity contribution is 0.170. The van der Waals surface area contributed by atoms with Crippen LogP contribution in [0.1, 0.15) is 17.7 Å². The topological polar surface area (TPSA) is 84.6 Å². The highest BCUT2D eigenvalue weighted by atomic mass is 32.1. The molecule has 1 unspecified atom stereocenters. The van der Waals surface area contributed by atoms with Crippen LogP contribution in [0, 0.1) is 0 Å². The number of thiophene rings is 1. The van der Waals surface area contributed by atoms with Crippen LogP contribution in [-0.2, 0) is 11.3 Å². The number of nitrogens with two attached hydrogens (primary N) is 1. The van der Waals surface area contributed by atoms with Crippen LogP contribution < -0.4 is 16.4 Å². The van der Waals surface area contributed by atoms with Gasteiger partial charge in [-0.1, -0.05) is 6.07 Å². The second-order valence-electron chi connectivity index (χ2n) is 5.11. The van der Waals surface area contributed by atoms with Gasteiger partial charge in [-0.05, 0) is 23.6 Å². The third-order valence-electron chi connectivity index (χ3n) is 3.42. The summed E-state index contributed by atoms with van der Waals surface area (Å²) in [6.45, 7) is 1.07. The molecule has 3 rings (SSSR count). The fourth-order valence-corrected chi connectivity index (χ4v) is 3.14. The summed E-state index contributed by atoms with van der Waals surface area (Å²) in [6.07, 6.45) is 2.40. The van der Waals surface area contributed by atoms with E-state index >= 15 is 0 Å². The molecule has 2 aromatic rings. The molecule has 6 nitrogen and oxygen atoms in total. The Kier molecular flexibility index (Phi) is 4.37. The number of aromatic nitrogens is 1. The molecule has 0 fully saturated rings. The second-order valence-corrected chi connectivity index (χ2v) is 6.03. The molecule has 0 aromatic carbocycles. The third-order valence-corrected chi connectivity index (χ3v) is 4.25. The minimum absolute atomic E-state index is 0.513. The maximum absolute atomic E-state index is 6.39. The average Bonchev–Trinajstić information content (AvgIpc) is 2.99. The summed E-state index contributed by atoms with van der Waals surface area (Å²) in [4.78, 5) is 8.95. The van der Waals surface area contributed by atoms with Crippen LogP contribution in [0.5, 0.6) is 0 Å². The van der Waals surface area contributed by atoms with Crippen LogP contribution >= 0.6 is 11.3 Å². The first-order valence-corrected chi connectivity index (χ1v) is 7.94. The number of aliphatic imine (C=N–C) groups is 1. The third kappa shape index (κ3) is 3.27. The first-order valence-electron chi connectivity index (χ1n) is 7.06. The molecule has 0 radical (unpaired) electrons. The molecule has 1 aliphatic rings. The lowest BCUT2D eigenvalue weighted by Crippen LogP contribution is -2.64. The van der Waals surface area contributed by atoms with E-state index in [0.29, 0.717) is 19.6 Å². The molecule has 0 bridgehead atoms. The Morgan fingerprint density at radius 1 is 1.36 bits per heavy atom. The van der Waals surface area contributed by atoms with Crippen molar-refractivity contribution in [2.24, 2.45) is 10.7 Å². The van der Waals surface area contributed by atoms with Crippen molar-refractivity contribution in [1.82, 2.24) is 10.3 Å². The predicted octanol–water partition coefficient (Wildman–Crippen LogP) is 1.75. The molecular formula is C15H19N5OS. The van der Waals surface area contributed by atoms with Gasteiger partial charge in [-0.15, -0.1) is 11.3 Å². The number of hydrogen-bond donors (Lipinski definition) is 3. The van der Waals surface area contributed by atoms with Crippen LogP contribution in [0.15, 0.2) is 40.8 Å². The highest BCUT2D eigenvalue weighted by Gasteiger charge is 2.33. The predicted molar refractivity (Wildman–Crippen MR) is 89.0 cm³/mol. The number of ether oxygens (including phenoxy) is 1. The molecule has 116 valence electrons. The molecule has 2 aromatic heterocycles. The van der Waals surface area contributed by atoms with Crippen LogP contribution in [0.3, 0.4) is 0 Å². The summed E-state index contributed by atoms with van der Waals surface area (Å²) < 4.78 is 5.14. The first kappa shape index (κ1) is 15.0. The molecule has 0 saturated heterocycles. The van der Waals surface area contributed by atoms with E-state index in [1.165, 1.54) is 0 Å². The van der Waals surface area contributed by atoms with E-state index in [9.17, 15) is 0 Å².